The van der Waals surface area contributed by atoms with Gasteiger partial charge in [-0.25, -0.2) is 8.42 Å². The molecule has 7 nitrogen and oxygen atoms in total. The standard InChI is InChI=1S/C24H31N3O4S/c1-32(29,30)21-5-3-20(4-6-21)27-13-11-26(12-14-27)10-8-23-22-7-2-18(17-24(25)28)16-19(22)9-15-31-23/h2-7,16,23H,8-15,17H2,1H3,(H2,25,28). The Balaban J connectivity index is 1.30. The lowest BCUT2D eigenvalue weighted by molar-refractivity contribution is -0.117. The Morgan fingerprint density at radius 2 is 1.81 bits per heavy atom. The monoisotopic (exact) mass is 457 g/mol. The van der Waals surface area contributed by atoms with E-state index in [0.29, 0.717) is 11.5 Å². The van der Waals surface area contributed by atoms with Crippen molar-refractivity contribution in [1.29, 1.82) is 0 Å². The first-order valence-electron chi connectivity index (χ1n) is 11.1. The van der Waals surface area contributed by atoms with Gasteiger partial charge in [-0.1, -0.05) is 18.2 Å². The van der Waals surface area contributed by atoms with Gasteiger partial charge < -0.3 is 15.4 Å². The number of sulfone groups is 1. The van der Waals surface area contributed by atoms with E-state index in [1.165, 1.54) is 17.4 Å². The van der Waals surface area contributed by atoms with Gasteiger partial charge in [0.05, 0.1) is 24.0 Å². The average Bonchev–Trinajstić information content (AvgIpc) is 2.77. The maximum absolute atomic E-state index is 11.7. The van der Waals surface area contributed by atoms with Gasteiger partial charge >= 0.3 is 0 Å². The fraction of sp³-hybridized carbons (Fsp3) is 0.458. The molecule has 1 atom stereocenters. The summed E-state index contributed by atoms with van der Waals surface area (Å²) in [5, 5.41) is 0. The topological polar surface area (TPSA) is 92.9 Å². The second-order valence-electron chi connectivity index (χ2n) is 8.67. The highest BCUT2D eigenvalue weighted by Crippen LogP contribution is 2.31. The number of rotatable bonds is 7. The largest absolute Gasteiger partial charge is 0.373 e. The third-order valence-corrected chi connectivity index (χ3v) is 7.46. The second kappa shape index (κ2) is 9.60. The normalized spacial score (nSPS) is 19.5. The minimum absolute atomic E-state index is 0.0861. The van der Waals surface area contributed by atoms with Gasteiger partial charge in [-0.15, -0.1) is 0 Å². The molecule has 1 saturated heterocycles. The summed E-state index contributed by atoms with van der Waals surface area (Å²) in [7, 11) is -3.17. The molecular formula is C24H31N3O4S. The van der Waals surface area contributed by atoms with Crippen molar-refractivity contribution in [2.24, 2.45) is 5.73 Å². The molecule has 0 aliphatic carbocycles. The molecule has 2 aromatic rings. The van der Waals surface area contributed by atoms with E-state index in [-0.39, 0.29) is 18.4 Å². The molecule has 32 heavy (non-hydrogen) atoms. The van der Waals surface area contributed by atoms with Crippen molar-refractivity contribution in [3.05, 3.63) is 59.2 Å². The van der Waals surface area contributed by atoms with Gasteiger partial charge in [-0.3, -0.25) is 9.69 Å². The molecule has 172 valence electrons. The van der Waals surface area contributed by atoms with E-state index in [1.54, 1.807) is 12.1 Å². The van der Waals surface area contributed by atoms with Crippen molar-refractivity contribution < 1.29 is 17.9 Å². The minimum Gasteiger partial charge on any atom is -0.373 e. The number of nitrogens with two attached hydrogens (primary N) is 1. The highest BCUT2D eigenvalue weighted by molar-refractivity contribution is 7.90. The van der Waals surface area contributed by atoms with E-state index < -0.39 is 9.84 Å². The molecule has 0 bridgehead atoms. The Kier molecular flexibility index (Phi) is 6.83. The van der Waals surface area contributed by atoms with Crippen LogP contribution in [-0.4, -0.2) is 64.8 Å². The van der Waals surface area contributed by atoms with Crippen LogP contribution < -0.4 is 10.6 Å². The van der Waals surface area contributed by atoms with Crippen LogP contribution in [-0.2, 0) is 32.2 Å². The Bertz CT molecular complexity index is 1060. The summed E-state index contributed by atoms with van der Waals surface area (Å²) in [6.45, 7) is 5.42. The van der Waals surface area contributed by atoms with Gasteiger partial charge in [0.2, 0.25) is 5.91 Å². The number of hydrogen-bond donors (Lipinski definition) is 1. The predicted molar refractivity (Wildman–Crippen MR) is 125 cm³/mol. The van der Waals surface area contributed by atoms with Crippen molar-refractivity contribution in [3.63, 3.8) is 0 Å². The van der Waals surface area contributed by atoms with Crippen molar-refractivity contribution in [3.8, 4) is 0 Å². The Labute approximate surface area is 190 Å². The summed E-state index contributed by atoms with van der Waals surface area (Å²) in [6.07, 6.45) is 3.40. The summed E-state index contributed by atoms with van der Waals surface area (Å²) in [5.41, 5.74) is 9.86. The number of primary amides is 1. The molecule has 2 aliphatic heterocycles. The summed E-state index contributed by atoms with van der Waals surface area (Å²) in [4.78, 5) is 16.3. The molecule has 2 N–H and O–H groups in total. The van der Waals surface area contributed by atoms with Crippen LogP contribution in [0.3, 0.4) is 0 Å². The number of ether oxygens (including phenoxy) is 1. The van der Waals surface area contributed by atoms with E-state index in [2.05, 4.69) is 21.9 Å². The number of carbonyl (C=O) groups is 1. The lowest BCUT2D eigenvalue weighted by atomic mass is 9.93. The van der Waals surface area contributed by atoms with Gasteiger partial charge in [-0.05, 0) is 53.8 Å². The molecule has 2 aromatic carbocycles. The molecule has 0 saturated carbocycles. The van der Waals surface area contributed by atoms with Crippen LogP contribution in [0.2, 0.25) is 0 Å². The first-order valence-corrected chi connectivity index (χ1v) is 13.0. The van der Waals surface area contributed by atoms with Crippen molar-refractivity contribution in [2.45, 2.75) is 30.3 Å². The number of amides is 1. The van der Waals surface area contributed by atoms with Crippen LogP contribution >= 0.6 is 0 Å². The number of anilines is 1. The van der Waals surface area contributed by atoms with Crippen LogP contribution in [0.25, 0.3) is 0 Å². The molecule has 0 aromatic heterocycles. The van der Waals surface area contributed by atoms with E-state index in [0.717, 1.165) is 56.8 Å². The molecule has 2 heterocycles. The molecule has 2 aliphatic rings. The SMILES string of the molecule is CS(=O)(=O)c1ccc(N2CCN(CCC3OCCc4cc(CC(N)=O)ccc43)CC2)cc1. The molecule has 0 spiro atoms. The zero-order chi connectivity index (χ0) is 22.7. The van der Waals surface area contributed by atoms with Gasteiger partial charge in [0.15, 0.2) is 9.84 Å². The smallest absolute Gasteiger partial charge is 0.221 e. The molecule has 8 heteroatoms. The second-order valence-corrected chi connectivity index (χ2v) is 10.7. The summed E-state index contributed by atoms with van der Waals surface area (Å²) >= 11 is 0. The molecule has 1 amide bonds. The van der Waals surface area contributed by atoms with Crippen molar-refractivity contribution in [2.75, 3.05) is 50.5 Å². The quantitative estimate of drug-likeness (QED) is 0.683. The fourth-order valence-corrected chi connectivity index (χ4v) is 5.20. The van der Waals surface area contributed by atoms with Crippen LogP contribution in [0, 0.1) is 0 Å². The average molecular weight is 458 g/mol. The van der Waals surface area contributed by atoms with Crippen LogP contribution in [0.1, 0.15) is 29.2 Å². The van der Waals surface area contributed by atoms with Gasteiger partial charge in [0.25, 0.3) is 0 Å². The number of piperazine rings is 1. The van der Waals surface area contributed by atoms with Crippen LogP contribution in [0.5, 0.6) is 0 Å². The van der Waals surface area contributed by atoms with Gasteiger partial charge in [0.1, 0.15) is 0 Å². The van der Waals surface area contributed by atoms with E-state index in [4.69, 9.17) is 10.5 Å². The fourth-order valence-electron chi connectivity index (χ4n) is 4.57. The summed E-state index contributed by atoms with van der Waals surface area (Å²) in [5.74, 6) is -0.306. The molecule has 1 fully saturated rings. The Morgan fingerprint density at radius 3 is 2.47 bits per heavy atom. The van der Waals surface area contributed by atoms with Crippen LogP contribution in [0.4, 0.5) is 5.69 Å². The van der Waals surface area contributed by atoms with Crippen LogP contribution in [0.15, 0.2) is 47.4 Å². The van der Waals surface area contributed by atoms with E-state index >= 15 is 0 Å². The third kappa shape index (κ3) is 5.49. The molecule has 1 unspecified atom stereocenters. The van der Waals surface area contributed by atoms with Crippen molar-refractivity contribution in [1.82, 2.24) is 4.90 Å². The third-order valence-electron chi connectivity index (χ3n) is 6.33. The lowest BCUT2D eigenvalue weighted by Gasteiger charge is -2.37. The number of fused-ring (bicyclic) bond motifs is 1. The minimum atomic E-state index is -3.17. The maximum Gasteiger partial charge on any atom is 0.221 e. The first-order chi connectivity index (χ1) is 15.3. The predicted octanol–water partition coefficient (Wildman–Crippen LogP) is 1.94. The van der Waals surface area contributed by atoms with Gasteiger partial charge in [-0.2, -0.15) is 0 Å². The molecule has 4 rings (SSSR count). The Morgan fingerprint density at radius 1 is 1.09 bits per heavy atom. The highest BCUT2D eigenvalue weighted by atomic mass is 32.2. The number of carbonyl (C=O) groups excluding carboxylic acids is 1. The zero-order valence-corrected chi connectivity index (χ0v) is 19.3. The Hall–Kier alpha value is -2.42. The summed E-state index contributed by atoms with van der Waals surface area (Å²) < 4.78 is 29.4. The van der Waals surface area contributed by atoms with E-state index in [9.17, 15) is 13.2 Å². The molecule has 0 radical (unpaired) electrons. The number of nitrogens with zero attached hydrogens (tertiary/aromatic N) is 2. The zero-order valence-electron chi connectivity index (χ0n) is 18.5. The van der Waals surface area contributed by atoms with Crippen molar-refractivity contribution >= 4 is 21.4 Å². The first kappa shape index (κ1) is 22.8. The molecular weight excluding hydrogens is 426 g/mol. The van der Waals surface area contributed by atoms with Gasteiger partial charge in [0, 0.05) is 44.7 Å². The summed E-state index contributed by atoms with van der Waals surface area (Å²) in [6, 6.07) is 13.3. The number of hydrogen-bond acceptors (Lipinski definition) is 6. The lowest BCUT2D eigenvalue weighted by Crippen LogP contribution is -2.47. The van der Waals surface area contributed by atoms with E-state index in [1.807, 2.05) is 18.2 Å². The maximum atomic E-state index is 11.7. The highest BCUT2D eigenvalue weighted by Gasteiger charge is 2.24. The number of benzene rings is 2.